The summed E-state index contributed by atoms with van der Waals surface area (Å²) in [5, 5.41) is 6.17. The molecule has 0 aliphatic heterocycles. The first-order chi connectivity index (χ1) is 16.0. The fourth-order valence-corrected chi connectivity index (χ4v) is 4.75. The Balaban J connectivity index is 1.46. The van der Waals surface area contributed by atoms with E-state index < -0.39 is 0 Å². The van der Waals surface area contributed by atoms with Crippen molar-refractivity contribution in [3.63, 3.8) is 0 Å². The Hall–Kier alpha value is -3.46. The average molecular weight is 464 g/mol. The Morgan fingerprint density at radius 3 is 2.48 bits per heavy atom. The Morgan fingerprint density at radius 1 is 1.06 bits per heavy atom. The topological polar surface area (TPSA) is 106 Å². The van der Waals surface area contributed by atoms with Crippen LogP contribution in [0.3, 0.4) is 0 Å². The summed E-state index contributed by atoms with van der Waals surface area (Å²) in [6, 6.07) is 10.7. The van der Waals surface area contributed by atoms with Gasteiger partial charge in [0.1, 0.15) is 5.03 Å². The van der Waals surface area contributed by atoms with E-state index in [-0.39, 0.29) is 23.3 Å². The van der Waals surface area contributed by atoms with E-state index >= 15 is 0 Å². The summed E-state index contributed by atoms with van der Waals surface area (Å²) in [6.07, 6.45) is 7.22. The molecule has 0 bridgehead atoms. The molecular weight excluding hydrogens is 438 g/mol. The normalized spacial score (nSPS) is 12.6. The van der Waals surface area contributed by atoms with Crippen molar-refractivity contribution in [2.75, 3.05) is 16.4 Å². The number of fused-ring (bicyclic) bond motifs is 1. The molecule has 3 aromatic rings. The van der Waals surface area contributed by atoms with Crippen molar-refractivity contribution >= 4 is 35.0 Å². The Kier molecular flexibility index (Phi) is 7.19. The SMILES string of the molecule is CC(=O)Nc1ccc(NC(=O)CSc2nc(=O)n(Cc3cccnc3)c3c2CCCC3)cc1. The highest BCUT2D eigenvalue weighted by atomic mass is 32.2. The van der Waals surface area contributed by atoms with Crippen molar-refractivity contribution in [1.29, 1.82) is 0 Å². The summed E-state index contributed by atoms with van der Waals surface area (Å²) in [4.78, 5) is 44.9. The molecule has 2 amide bonds. The number of aromatic nitrogens is 3. The minimum Gasteiger partial charge on any atom is -0.326 e. The van der Waals surface area contributed by atoms with Crippen molar-refractivity contribution in [2.24, 2.45) is 0 Å². The van der Waals surface area contributed by atoms with E-state index in [4.69, 9.17) is 0 Å². The van der Waals surface area contributed by atoms with E-state index in [9.17, 15) is 14.4 Å². The molecule has 0 radical (unpaired) electrons. The largest absolute Gasteiger partial charge is 0.349 e. The molecule has 1 aliphatic carbocycles. The van der Waals surface area contributed by atoms with Gasteiger partial charge in [0.15, 0.2) is 0 Å². The van der Waals surface area contributed by atoms with Gasteiger partial charge in [0, 0.05) is 41.9 Å². The molecule has 9 heteroatoms. The van der Waals surface area contributed by atoms with E-state index in [0.29, 0.717) is 22.9 Å². The van der Waals surface area contributed by atoms with Gasteiger partial charge in [-0.25, -0.2) is 4.79 Å². The number of hydrogen-bond acceptors (Lipinski definition) is 6. The van der Waals surface area contributed by atoms with Crippen molar-refractivity contribution < 1.29 is 9.59 Å². The highest BCUT2D eigenvalue weighted by Gasteiger charge is 2.21. The number of carbonyl (C=O) groups is 2. The van der Waals surface area contributed by atoms with Crippen molar-refractivity contribution in [2.45, 2.75) is 44.2 Å². The molecule has 1 aromatic carbocycles. The second kappa shape index (κ2) is 10.4. The van der Waals surface area contributed by atoms with Gasteiger partial charge in [0.25, 0.3) is 0 Å². The van der Waals surface area contributed by atoms with Crippen LogP contribution >= 0.6 is 11.8 Å². The number of carbonyl (C=O) groups excluding carboxylic acids is 2. The highest BCUT2D eigenvalue weighted by molar-refractivity contribution is 8.00. The van der Waals surface area contributed by atoms with Crippen LogP contribution in [0.4, 0.5) is 11.4 Å². The molecule has 0 atom stereocenters. The molecule has 4 rings (SSSR count). The molecule has 170 valence electrons. The Labute approximate surface area is 195 Å². The van der Waals surface area contributed by atoms with Crippen LogP contribution in [0.2, 0.25) is 0 Å². The number of thioether (sulfide) groups is 1. The fraction of sp³-hybridized carbons (Fsp3) is 0.292. The average Bonchev–Trinajstić information content (AvgIpc) is 2.81. The lowest BCUT2D eigenvalue weighted by atomic mass is 9.97. The number of benzene rings is 1. The van der Waals surface area contributed by atoms with Gasteiger partial charge in [-0.05, 0) is 61.6 Å². The third-order valence-corrected chi connectivity index (χ3v) is 6.36. The smallest absolute Gasteiger partial charge is 0.326 e. The Bertz CT molecular complexity index is 1210. The summed E-state index contributed by atoms with van der Waals surface area (Å²) in [5.74, 6) is -0.182. The fourth-order valence-electron chi connectivity index (χ4n) is 3.88. The minimum absolute atomic E-state index is 0.152. The van der Waals surface area contributed by atoms with Crippen LogP contribution in [0.1, 0.15) is 36.6 Å². The lowest BCUT2D eigenvalue weighted by molar-refractivity contribution is -0.114. The molecule has 0 fully saturated rings. The van der Waals surface area contributed by atoms with Crippen LogP contribution in [0.15, 0.2) is 58.6 Å². The zero-order valence-corrected chi connectivity index (χ0v) is 19.2. The minimum atomic E-state index is -0.295. The third-order valence-electron chi connectivity index (χ3n) is 5.34. The molecular formula is C24H25N5O3S. The number of anilines is 2. The molecule has 0 spiro atoms. The maximum atomic E-state index is 12.8. The van der Waals surface area contributed by atoms with Gasteiger partial charge in [-0.3, -0.25) is 19.1 Å². The van der Waals surface area contributed by atoms with Gasteiger partial charge >= 0.3 is 5.69 Å². The molecule has 8 nitrogen and oxygen atoms in total. The number of amides is 2. The van der Waals surface area contributed by atoms with Crippen molar-refractivity contribution in [3.05, 3.63) is 76.1 Å². The summed E-state index contributed by atoms with van der Waals surface area (Å²) in [7, 11) is 0. The maximum Gasteiger partial charge on any atom is 0.349 e. The van der Waals surface area contributed by atoms with Crippen LogP contribution in [0.5, 0.6) is 0 Å². The van der Waals surface area contributed by atoms with Crippen LogP contribution in [-0.2, 0) is 29.0 Å². The van der Waals surface area contributed by atoms with E-state index in [2.05, 4.69) is 20.6 Å². The zero-order chi connectivity index (χ0) is 23.2. The van der Waals surface area contributed by atoms with Crippen LogP contribution in [-0.4, -0.2) is 32.1 Å². The van der Waals surface area contributed by atoms with Gasteiger partial charge in [-0.2, -0.15) is 4.98 Å². The molecule has 0 saturated carbocycles. The van der Waals surface area contributed by atoms with Gasteiger partial charge < -0.3 is 10.6 Å². The molecule has 2 N–H and O–H groups in total. The van der Waals surface area contributed by atoms with E-state index in [1.807, 2.05) is 12.1 Å². The van der Waals surface area contributed by atoms with Crippen LogP contribution in [0, 0.1) is 0 Å². The number of hydrogen-bond donors (Lipinski definition) is 2. The second-order valence-electron chi connectivity index (χ2n) is 7.87. The lowest BCUT2D eigenvalue weighted by Crippen LogP contribution is -2.30. The standard InChI is InChI=1S/C24H25N5O3S/c1-16(30)26-18-8-10-19(11-9-18)27-22(31)15-33-23-20-6-2-3-7-21(20)29(24(32)28-23)14-17-5-4-12-25-13-17/h4-5,8-13H,2-3,6-7,14-15H2,1H3,(H,26,30)(H,27,31). The van der Waals surface area contributed by atoms with Crippen molar-refractivity contribution in [3.8, 4) is 0 Å². The summed E-state index contributed by atoms with van der Waals surface area (Å²) < 4.78 is 1.74. The molecule has 33 heavy (non-hydrogen) atoms. The maximum absolute atomic E-state index is 12.8. The lowest BCUT2D eigenvalue weighted by Gasteiger charge is -2.22. The quantitative estimate of drug-likeness (QED) is 0.412. The second-order valence-corrected chi connectivity index (χ2v) is 8.84. The molecule has 2 heterocycles. The van der Waals surface area contributed by atoms with Gasteiger partial charge in [-0.1, -0.05) is 17.8 Å². The monoisotopic (exact) mass is 463 g/mol. The first-order valence-corrected chi connectivity index (χ1v) is 11.8. The number of pyridine rings is 1. The summed E-state index contributed by atoms with van der Waals surface area (Å²) in [6.45, 7) is 1.89. The molecule has 2 aromatic heterocycles. The number of rotatable bonds is 7. The first kappa shape index (κ1) is 22.7. The summed E-state index contributed by atoms with van der Waals surface area (Å²) >= 11 is 1.30. The van der Waals surface area contributed by atoms with E-state index in [0.717, 1.165) is 42.5 Å². The number of nitrogens with zero attached hydrogens (tertiary/aromatic N) is 3. The number of nitrogens with one attached hydrogen (secondary N) is 2. The van der Waals surface area contributed by atoms with Gasteiger partial charge in [0.2, 0.25) is 11.8 Å². The Morgan fingerprint density at radius 2 is 1.79 bits per heavy atom. The van der Waals surface area contributed by atoms with Crippen LogP contribution < -0.4 is 16.3 Å². The predicted molar refractivity (Wildman–Crippen MR) is 129 cm³/mol. The molecule has 1 aliphatic rings. The molecule has 0 saturated heterocycles. The van der Waals surface area contributed by atoms with E-state index in [1.54, 1.807) is 41.2 Å². The third kappa shape index (κ3) is 5.87. The predicted octanol–water partition coefficient (Wildman–Crippen LogP) is 3.25. The van der Waals surface area contributed by atoms with E-state index in [1.165, 1.54) is 18.7 Å². The van der Waals surface area contributed by atoms with Gasteiger partial charge in [0.05, 0.1) is 12.3 Å². The zero-order valence-electron chi connectivity index (χ0n) is 18.3. The van der Waals surface area contributed by atoms with Gasteiger partial charge in [-0.15, -0.1) is 0 Å². The van der Waals surface area contributed by atoms with Crippen LogP contribution in [0.25, 0.3) is 0 Å². The molecule has 0 unspecified atom stereocenters. The first-order valence-electron chi connectivity index (χ1n) is 10.8. The van der Waals surface area contributed by atoms with Crippen molar-refractivity contribution in [1.82, 2.24) is 14.5 Å². The summed E-state index contributed by atoms with van der Waals surface area (Å²) in [5.41, 5.74) is 4.05. The highest BCUT2D eigenvalue weighted by Crippen LogP contribution is 2.29.